The van der Waals surface area contributed by atoms with Crippen LogP contribution in [-0.4, -0.2) is 23.3 Å². The van der Waals surface area contributed by atoms with Crippen LogP contribution in [0.3, 0.4) is 0 Å². The molecule has 0 aliphatic heterocycles. The van der Waals surface area contributed by atoms with Gasteiger partial charge in [0, 0.05) is 13.2 Å². The normalized spacial score (nSPS) is 10.5. The number of hydrogen-bond acceptors (Lipinski definition) is 5. The van der Waals surface area contributed by atoms with Crippen molar-refractivity contribution in [2.75, 3.05) is 7.11 Å². The minimum absolute atomic E-state index is 0.00982. The number of carboxylic acid groups (broad SMARTS) is 1. The third kappa shape index (κ3) is 3.49. The highest BCUT2D eigenvalue weighted by molar-refractivity contribution is 6.33. The first-order valence-corrected chi connectivity index (χ1v) is 6.07. The number of rotatable bonds is 6. The van der Waals surface area contributed by atoms with Gasteiger partial charge in [0.05, 0.1) is 10.6 Å². The number of carboxylic acids is 1. The van der Waals surface area contributed by atoms with E-state index in [0.717, 1.165) is 0 Å². The molecule has 0 saturated heterocycles. The van der Waals surface area contributed by atoms with Crippen molar-refractivity contribution < 1.29 is 23.9 Å². The summed E-state index contributed by atoms with van der Waals surface area (Å²) in [5.74, 6) is -0.124. The van der Waals surface area contributed by atoms with Crippen LogP contribution < -0.4 is 4.74 Å². The fourth-order valence-electron chi connectivity index (χ4n) is 1.55. The molecule has 0 fully saturated rings. The number of methoxy groups -OCH3 is 1. The van der Waals surface area contributed by atoms with E-state index in [1.165, 1.54) is 12.1 Å². The minimum atomic E-state index is -1.11. The maximum absolute atomic E-state index is 10.9. The molecule has 106 valence electrons. The molecule has 0 amide bonds. The SMILES string of the molecule is COCc1cc(COc2ccc(Cl)c(C(=O)O)c2)no1. The maximum Gasteiger partial charge on any atom is 0.337 e. The summed E-state index contributed by atoms with van der Waals surface area (Å²) < 4.78 is 15.4. The average Bonchev–Trinajstić information content (AvgIpc) is 2.86. The fourth-order valence-corrected chi connectivity index (χ4v) is 1.75. The third-order valence-electron chi connectivity index (χ3n) is 2.45. The zero-order chi connectivity index (χ0) is 14.5. The maximum atomic E-state index is 10.9. The predicted molar refractivity (Wildman–Crippen MR) is 70.0 cm³/mol. The Balaban J connectivity index is 2.03. The summed E-state index contributed by atoms with van der Waals surface area (Å²) in [5.41, 5.74) is 0.577. The smallest absolute Gasteiger partial charge is 0.337 e. The minimum Gasteiger partial charge on any atom is -0.487 e. The van der Waals surface area contributed by atoms with Crippen LogP contribution in [0.15, 0.2) is 28.8 Å². The molecule has 0 aliphatic carbocycles. The van der Waals surface area contributed by atoms with Crippen LogP contribution in [0.4, 0.5) is 0 Å². The number of benzene rings is 1. The number of nitrogens with zero attached hydrogens (tertiary/aromatic N) is 1. The zero-order valence-corrected chi connectivity index (χ0v) is 11.4. The number of halogens is 1. The summed E-state index contributed by atoms with van der Waals surface area (Å²) in [4.78, 5) is 10.9. The van der Waals surface area contributed by atoms with Crippen molar-refractivity contribution in [3.8, 4) is 5.75 Å². The highest BCUT2D eigenvalue weighted by Gasteiger charge is 2.11. The largest absolute Gasteiger partial charge is 0.487 e. The molecular weight excluding hydrogens is 286 g/mol. The Hall–Kier alpha value is -2.05. The Morgan fingerprint density at radius 1 is 1.40 bits per heavy atom. The van der Waals surface area contributed by atoms with E-state index in [9.17, 15) is 4.79 Å². The molecule has 1 heterocycles. The summed E-state index contributed by atoms with van der Waals surface area (Å²) in [5, 5.41) is 12.9. The first-order valence-electron chi connectivity index (χ1n) is 5.69. The summed E-state index contributed by atoms with van der Waals surface area (Å²) >= 11 is 5.77. The van der Waals surface area contributed by atoms with Crippen LogP contribution in [0.1, 0.15) is 21.8 Å². The van der Waals surface area contributed by atoms with Crippen molar-refractivity contribution in [3.63, 3.8) is 0 Å². The first-order chi connectivity index (χ1) is 9.60. The van der Waals surface area contributed by atoms with Gasteiger partial charge in [0.2, 0.25) is 0 Å². The second kappa shape index (κ2) is 6.40. The van der Waals surface area contributed by atoms with Crippen LogP contribution in [-0.2, 0) is 18.0 Å². The molecule has 0 aliphatic rings. The van der Waals surface area contributed by atoms with Gasteiger partial charge in [0.15, 0.2) is 5.76 Å². The highest BCUT2D eigenvalue weighted by atomic mass is 35.5. The summed E-state index contributed by atoms with van der Waals surface area (Å²) in [6.07, 6.45) is 0. The van der Waals surface area contributed by atoms with Gasteiger partial charge in [0.25, 0.3) is 0 Å². The molecule has 1 aromatic carbocycles. The van der Waals surface area contributed by atoms with Gasteiger partial charge in [-0.15, -0.1) is 0 Å². The van der Waals surface area contributed by atoms with Crippen molar-refractivity contribution in [2.24, 2.45) is 0 Å². The molecular formula is C13H12ClNO5. The predicted octanol–water partition coefficient (Wildman–Crippen LogP) is 2.75. The molecule has 0 atom stereocenters. The van der Waals surface area contributed by atoms with Crippen molar-refractivity contribution in [2.45, 2.75) is 13.2 Å². The number of aromatic carboxylic acids is 1. The number of hydrogen-bond donors (Lipinski definition) is 1. The van der Waals surface area contributed by atoms with Crippen LogP contribution in [0.25, 0.3) is 0 Å². The molecule has 0 saturated carbocycles. The molecule has 0 bridgehead atoms. The lowest BCUT2D eigenvalue weighted by Crippen LogP contribution is -2.00. The van der Waals surface area contributed by atoms with Crippen molar-refractivity contribution >= 4 is 17.6 Å². The fraction of sp³-hybridized carbons (Fsp3) is 0.231. The highest BCUT2D eigenvalue weighted by Crippen LogP contribution is 2.22. The van der Waals surface area contributed by atoms with E-state index in [4.69, 9.17) is 30.7 Å². The summed E-state index contributed by atoms with van der Waals surface area (Å²) in [7, 11) is 1.56. The van der Waals surface area contributed by atoms with Crippen molar-refractivity contribution in [3.05, 3.63) is 46.3 Å². The van der Waals surface area contributed by atoms with E-state index in [1.807, 2.05) is 0 Å². The van der Waals surface area contributed by atoms with Crippen molar-refractivity contribution in [1.82, 2.24) is 5.16 Å². The number of carbonyl (C=O) groups is 1. The monoisotopic (exact) mass is 297 g/mol. The standard InChI is InChI=1S/C13H12ClNO5/c1-18-7-10-4-8(15-20-10)6-19-9-2-3-12(14)11(5-9)13(16)17/h2-5H,6-7H2,1H3,(H,16,17). The van der Waals surface area contributed by atoms with Gasteiger partial charge in [-0.2, -0.15) is 0 Å². The summed E-state index contributed by atoms with van der Waals surface area (Å²) in [6.45, 7) is 0.491. The third-order valence-corrected chi connectivity index (χ3v) is 2.78. The number of ether oxygens (including phenoxy) is 2. The van der Waals surface area contributed by atoms with Gasteiger partial charge >= 0.3 is 5.97 Å². The lowest BCUT2D eigenvalue weighted by Gasteiger charge is -2.05. The van der Waals surface area contributed by atoms with Gasteiger partial charge in [0.1, 0.15) is 24.7 Å². The van der Waals surface area contributed by atoms with E-state index in [1.54, 1.807) is 19.2 Å². The zero-order valence-electron chi connectivity index (χ0n) is 10.6. The molecule has 0 radical (unpaired) electrons. The number of aromatic nitrogens is 1. The van der Waals surface area contributed by atoms with Gasteiger partial charge in [-0.05, 0) is 18.2 Å². The van der Waals surface area contributed by atoms with Crippen LogP contribution >= 0.6 is 11.6 Å². The molecule has 2 aromatic rings. The van der Waals surface area contributed by atoms with Gasteiger partial charge < -0.3 is 19.1 Å². The van der Waals surface area contributed by atoms with Crippen molar-refractivity contribution in [1.29, 1.82) is 0 Å². The van der Waals surface area contributed by atoms with E-state index in [-0.39, 0.29) is 17.2 Å². The summed E-state index contributed by atoms with van der Waals surface area (Å²) in [6, 6.07) is 6.13. The lowest BCUT2D eigenvalue weighted by atomic mass is 10.2. The Labute approximate surface area is 119 Å². The van der Waals surface area contributed by atoms with E-state index < -0.39 is 5.97 Å². The van der Waals surface area contributed by atoms with Crippen LogP contribution in [0, 0.1) is 0 Å². The quantitative estimate of drug-likeness (QED) is 0.883. The molecule has 20 heavy (non-hydrogen) atoms. The molecule has 6 nitrogen and oxygen atoms in total. The van der Waals surface area contributed by atoms with Crippen LogP contribution in [0.5, 0.6) is 5.75 Å². The molecule has 1 N–H and O–H groups in total. The first kappa shape index (κ1) is 14.4. The van der Waals surface area contributed by atoms with Gasteiger partial charge in [-0.3, -0.25) is 0 Å². The topological polar surface area (TPSA) is 81.8 Å². The molecule has 1 aromatic heterocycles. The Kier molecular flexibility index (Phi) is 4.60. The molecule has 0 unspecified atom stereocenters. The van der Waals surface area contributed by atoms with Gasteiger partial charge in [-0.1, -0.05) is 16.8 Å². The van der Waals surface area contributed by atoms with E-state index in [0.29, 0.717) is 23.8 Å². The van der Waals surface area contributed by atoms with E-state index >= 15 is 0 Å². The second-order valence-corrected chi connectivity index (χ2v) is 4.36. The Morgan fingerprint density at radius 3 is 2.90 bits per heavy atom. The van der Waals surface area contributed by atoms with E-state index in [2.05, 4.69) is 5.16 Å². The Bertz CT molecular complexity index is 611. The van der Waals surface area contributed by atoms with Gasteiger partial charge in [-0.25, -0.2) is 4.79 Å². The molecule has 7 heteroatoms. The lowest BCUT2D eigenvalue weighted by molar-refractivity contribution is 0.0696. The van der Waals surface area contributed by atoms with Crippen LogP contribution in [0.2, 0.25) is 5.02 Å². The molecule has 2 rings (SSSR count). The average molecular weight is 298 g/mol. The Morgan fingerprint density at radius 2 is 2.20 bits per heavy atom. The molecule has 0 spiro atoms. The second-order valence-electron chi connectivity index (χ2n) is 3.95.